The van der Waals surface area contributed by atoms with Gasteiger partial charge >= 0.3 is 23.9 Å². The molecule has 1 fully saturated rings. The molecule has 1 aromatic carbocycles. The summed E-state index contributed by atoms with van der Waals surface area (Å²) in [4.78, 5) is 47.2. The Kier molecular flexibility index (Phi) is 8.88. The van der Waals surface area contributed by atoms with Crippen molar-refractivity contribution in [3.63, 3.8) is 0 Å². The molecule has 1 aliphatic rings. The van der Waals surface area contributed by atoms with Gasteiger partial charge in [0.1, 0.15) is 12.7 Å². The van der Waals surface area contributed by atoms with Gasteiger partial charge in [-0.05, 0) is 11.8 Å². The van der Waals surface area contributed by atoms with Crippen LogP contribution < -0.4 is 5.84 Å². The molecule has 13 nitrogen and oxygen atoms in total. The average Bonchev–Trinajstić information content (AvgIpc) is 3.16. The number of nitrogen functional groups attached to an aromatic ring is 1. The fourth-order valence-electron chi connectivity index (χ4n) is 3.53. The smallest absolute Gasteiger partial charge is 0.303 e. The number of aromatic nitrogens is 3. The third kappa shape index (κ3) is 6.73. The number of ether oxygens (including phenoxy) is 5. The van der Waals surface area contributed by atoms with Gasteiger partial charge in [0.25, 0.3) is 0 Å². The van der Waals surface area contributed by atoms with Crippen LogP contribution in [0.2, 0.25) is 0 Å². The molecule has 0 amide bonds. The van der Waals surface area contributed by atoms with Crippen molar-refractivity contribution in [1.29, 1.82) is 0 Å². The Morgan fingerprint density at radius 2 is 1.47 bits per heavy atom. The van der Waals surface area contributed by atoms with Crippen LogP contribution in [0.25, 0.3) is 11.4 Å². The van der Waals surface area contributed by atoms with Gasteiger partial charge in [-0.2, -0.15) is 0 Å². The van der Waals surface area contributed by atoms with Crippen molar-refractivity contribution in [3.05, 3.63) is 30.3 Å². The zero-order valence-corrected chi connectivity index (χ0v) is 20.8. The Balaban J connectivity index is 1.99. The maximum atomic E-state index is 12.0. The summed E-state index contributed by atoms with van der Waals surface area (Å²) < 4.78 is 28.6. The van der Waals surface area contributed by atoms with Crippen molar-refractivity contribution in [3.8, 4) is 11.4 Å². The zero-order valence-electron chi connectivity index (χ0n) is 20.0. The minimum atomic E-state index is -1.29. The molecule has 2 heterocycles. The van der Waals surface area contributed by atoms with Crippen LogP contribution in [0.5, 0.6) is 0 Å². The van der Waals surface area contributed by atoms with Crippen LogP contribution in [0.4, 0.5) is 0 Å². The van der Waals surface area contributed by atoms with Gasteiger partial charge in [-0.1, -0.05) is 30.3 Å². The summed E-state index contributed by atoms with van der Waals surface area (Å²) in [5.41, 5.74) is -0.360. The molecule has 0 bridgehead atoms. The van der Waals surface area contributed by atoms with Gasteiger partial charge in [-0.3, -0.25) is 19.2 Å². The van der Waals surface area contributed by atoms with E-state index in [0.29, 0.717) is 11.4 Å². The number of esters is 4. The minimum Gasteiger partial charge on any atom is -0.463 e. The van der Waals surface area contributed by atoms with E-state index in [2.05, 4.69) is 10.2 Å². The standard InChI is InChI=1S/C22H26N4O9S/c1-11(27)31-10-16-17(32-12(2)28)18(33-13(3)29)19(34-14(4)30)21(35-16)36-22-25-24-20(26(22)23)15-8-6-5-7-9-15/h5-9,16-19,21H,10,23H2,1-4H3/t16-,17+,18-,19+,21+/m0/s1. The first-order valence-electron chi connectivity index (χ1n) is 10.8. The van der Waals surface area contributed by atoms with Crippen molar-refractivity contribution >= 4 is 35.6 Å². The van der Waals surface area contributed by atoms with E-state index in [-0.39, 0.29) is 11.8 Å². The Morgan fingerprint density at radius 1 is 0.889 bits per heavy atom. The molecule has 1 aromatic heterocycles. The van der Waals surface area contributed by atoms with Gasteiger partial charge in [-0.15, -0.1) is 10.2 Å². The highest BCUT2D eigenvalue weighted by Crippen LogP contribution is 2.37. The molecule has 0 unspecified atom stereocenters. The number of carbonyl (C=O) groups excluding carboxylic acids is 4. The molecule has 0 radical (unpaired) electrons. The SMILES string of the molecule is CC(=O)OC[C@@H]1O[C@H](Sc2nnc(-c3ccccc3)n2N)[C@H](OC(C)=O)[C@@H](OC(C)=O)[C@@H]1OC(C)=O. The maximum Gasteiger partial charge on any atom is 0.303 e. The summed E-state index contributed by atoms with van der Waals surface area (Å²) in [7, 11) is 0. The van der Waals surface area contributed by atoms with Crippen LogP contribution >= 0.6 is 11.8 Å². The van der Waals surface area contributed by atoms with Gasteiger partial charge in [0, 0.05) is 33.3 Å². The molecule has 194 valence electrons. The Hall–Kier alpha value is -3.65. The number of rotatable bonds is 8. The summed E-state index contributed by atoms with van der Waals surface area (Å²) >= 11 is 0.939. The molecule has 5 atom stereocenters. The van der Waals surface area contributed by atoms with Crippen molar-refractivity contribution in [1.82, 2.24) is 14.9 Å². The second kappa shape index (κ2) is 11.9. The molecule has 2 N–H and O–H groups in total. The van der Waals surface area contributed by atoms with Gasteiger partial charge in [0.05, 0.1) is 0 Å². The Morgan fingerprint density at radius 3 is 2.06 bits per heavy atom. The Labute approximate surface area is 210 Å². The lowest BCUT2D eigenvalue weighted by Crippen LogP contribution is -2.61. The number of carbonyl (C=O) groups is 4. The van der Waals surface area contributed by atoms with Gasteiger partial charge < -0.3 is 29.5 Å². The summed E-state index contributed by atoms with van der Waals surface area (Å²) in [5, 5.41) is 8.41. The Bertz CT molecular complexity index is 1110. The molecule has 0 aliphatic carbocycles. The van der Waals surface area contributed by atoms with E-state index in [4.69, 9.17) is 29.5 Å². The monoisotopic (exact) mass is 522 g/mol. The molecule has 2 aromatic rings. The number of hydrogen-bond donors (Lipinski definition) is 1. The fraction of sp³-hybridized carbons (Fsp3) is 0.455. The van der Waals surface area contributed by atoms with Crippen molar-refractivity contribution in [2.45, 2.75) is 62.7 Å². The van der Waals surface area contributed by atoms with Crippen LogP contribution in [-0.4, -0.2) is 75.2 Å². The zero-order chi connectivity index (χ0) is 26.4. The molecule has 1 aliphatic heterocycles. The van der Waals surface area contributed by atoms with Crippen molar-refractivity contribution in [2.24, 2.45) is 0 Å². The van der Waals surface area contributed by atoms with Crippen LogP contribution in [0, 0.1) is 0 Å². The fourth-order valence-corrected chi connectivity index (χ4v) is 4.57. The second-order valence-electron chi connectivity index (χ2n) is 7.73. The predicted octanol–water partition coefficient (Wildman–Crippen LogP) is 0.834. The highest BCUT2D eigenvalue weighted by molar-refractivity contribution is 7.99. The largest absolute Gasteiger partial charge is 0.463 e. The van der Waals surface area contributed by atoms with E-state index < -0.39 is 53.7 Å². The molecule has 3 rings (SSSR count). The maximum absolute atomic E-state index is 12.0. The van der Waals surface area contributed by atoms with Gasteiger partial charge in [0.2, 0.25) is 5.16 Å². The molecule has 0 saturated carbocycles. The van der Waals surface area contributed by atoms with Crippen LogP contribution in [0.15, 0.2) is 35.5 Å². The molecule has 1 saturated heterocycles. The van der Waals surface area contributed by atoms with Gasteiger partial charge in [-0.25, -0.2) is 4.68 Å². The third-order valence-electron chi connectivity index (χ3n) is 4.87. The second-order valence-corrected chi connectivity index (χ2v) is 8.79. The third-order valence-corrected chi connectivity index (χ3v) is 5.97. The number of hydrogen-bond acceptors (Lipinski definition) is 13. The number of benzene rings is 1. The number of nitrogens with two attached hydrogens (primary N) is 1. The van der Waals surface area contributed by atoms with Crippen molar-refractivity contribution in [2.75, 3.05) is 12.4 Å². The lowest BCUT2D eigenvalue weighted by molar-refractivity contribution is -0.237. The molecular weight excluding hydrogens is 496 g/mol. The van der Waals surface area contributed by atoms with E-state index in [1.807, 2.05) is 18.2 Å². The number of nitrogens with zero attached hydrogens (tertiary/aromatic N) is 3. The predicted molar refractivity (Wildman–Crippen MR) is 123 cm³/mol. The summed E-state index contributed by atoms with van der Waals surface area (Å²) in [6.07, 6.45) is -4.85. The number of thioether (sulfide) groups is 1. The summed E-state index contributed by atoms with van der Waals surface area (Å²) in [6, 6.07) is 9.08. The normalized spacial score (nSPS) is 23.4. The first-order chi connectivity index (χ1) is 17.1. The summed E-state index contributed by atoms with van der Waals surface area (Å²) in [5.74, 6) is 3.84. The lowest BCUT2D eigenvalue weighted by atomic mass is 9.99. The van der Waals surface area contributed by atoms with E-state index >= 15 is 0 Å². The van der Waals surface area contributed by atoms with E-state index in [9.17, 15) is 19.2 Å². The first kappa shape index (κ1) is 26.9. The highest BCUT2D eigenvalue weighted by Gasteiger charge is 2.52. The molecular formula is C22H26N4O9S. The van der Waals surface area contributed by atoms with E-state index in [1.54, 1.807) is 12.1 Å². The molecule has 0 spiro atoms. The summed E-state index contributed by atoms with van der Waals surface area (Å²) in [6.45, 7) is 4.33. The molecule has 36 heavy (non-hydrogen) atoms. The van der Waals surface area contributed by atoms with Crippen LogP contribution in [-0.2, 0) is 42.9 Å². The first-order valence-corrected chi connectivity index (χ1v) is 11.7. The average molecular weight is 523 g/mol. The lowest BCUT2D eigenvalue weighted by Gasteiger charge is -2.43. The van der Waals surface area contributed by atoms with E-state index in [0.717, 1.165) is 32.5 Å². The van der Waals surface area contributed by atoms with Gasteiger partial charge in [0.15, 0.2) is 29.6 Å². The highest BCUT2D eigenvalue weighted by atomic mass is 32.2. The van der Waals surface area contributed by atoms with Crippen molar-refractivity contribution < 1.29 is 42.9 Å². The van der Waals surface area contributed by atoms with E-state index in [1.165, 1.54) is 11.6 Å². The molecule has 14 heteroatoms. The van der Waals surface area contributed by atoms with Crippen LogP contribution in [0.3, 0.4) is 0 Å². The minimum absolute atomic E-state index is 0.190. The quantitative estimate of drug-likeness (QED) is 0.294. The van der Waals surface area contributed by atoms with Crippen LogP contribution in [0.1, 0.15) is 27.7 Å². The topological polar surface area (TPSA) is 171 Å².